The van der Waals surface area contributed by atoms with E-state index in [0.717, 1.165) is 5.56 Å². The van der Waals surface area contributed by atoms with Crippen molar-refractivity contribution in [2.45, 2.75) is 20.0 Å². The molecule has 0 heterocycles. The first-order valence-corrected chi connectivity index (χ1v) is 6.31. The minimum Gasteiger partial charge on any atom is -0.507 e. The zero-order valence-electron chi connectivity index (χ0n) is 11.3. The van der Waals surface area contributed by atoms with Gasteiger partial charge in [-0.2, -0.15) is 0 Å². The Bertz CT molecular complexity index is 632. The molecule has 4 nitrogen and oxygen atoms in total. The molecular weight excluding hydrogens is 256 g/mol. The van der Waals surface area contributed by atoms with Gasteiger partial charge in [0.2, 0.25) is 0 Å². The molecule has 0 aliphatic carbocycles. The van der Waals surface area contributed by atoms with Crippen molar-refractivity contribution in [1.82, 2.24) is 0 Å². The lowest BCUT2D eigenvalue weighted by Crippen LogP contribution is -2.06. The number of para-hydroxylation sites is 1. The van der Waals surface area contributed by atoms with Crippen molar-refractivity contribution in [3.8, 4) is 22.6 Å². The number of aromatic carboxylic acids is 1. The monoisotopic (exact) mass is 272 g/mol. The van der Waals surface area contributed by atoms with Gasteiger partial charge in [0.05, 0.1) is 6.10 Å². The van der Waals surface area contributed by atoms with Gasteiger partial charge in [-0.05, 0) is 37.6 Å². The quantitative estimate of drug-likeness (QED) is 0.893. The van der Waals surface area contributed by atoms with Crippen LogP contribution in [0.3, 0.4) is 0 Å². The number of ether oxygens (including phenoxy) is 1. The molecule has 0 saturated heterocycles. The lowest BCUT2D eigenvalue weighted by atomic mass is 10.0. The summed E-state index contributed by atoms with van der Waals surface area (Å²) in [4.78, 5) is 11.1. The Labute approximate surface area is 117 Å². The fourth-order valence-corrected chi connectivity index (χ4v) is 1.94. The zero-order chi connectivity index (χ0) is 14.7. The molecule has 0 aliphatic rings. The third-order valence-electron chi connectivity index (χ3n) is 2.79. The van der Waals surface area contributed by atoms with Crippen molar-refractivity contribution < 1.29 is 19.7 Å². The van der Waals surface area contributed by atoms with Crippen LogP contribution in [0.15, 0.2) is 42.5 Å². The lowest BCUT2D eigenvalue weighted by molar-refractivity contribution is 0.0694. The van der Waals surface area contributed by atoms with E-state index >= 15 is 0 Å². The maximum atomic E-state index is 11.1. The standard InChI is InChI=1S/C16H16O4/c1-10(2)20-15-6-4-3-5-12(15)11-7-8-14(17)13(9-11)16(18)19/h3-10,17H,1-2H3,(H,18,19). The molecule has 0 fully saturated rings. The first-order chi connectivity index (χ1) is 9.49. The molecule has 0 aliphatic heterocycles. The van der Waals surface area contributed by atoms with Gasteiger partial charge >= 0.3 is 5.97 Å². The topological polar surface area (TPSA) is 66.8 Å². The summed E-state index contributed by atoms with van der Waals surface area (Å²) in [6.45, 7) is 3.85. The molecule has 0 aromatic heterocycles. The molecule has 20 heavy (non-hydrogen) atoms. The Balaban J connectivity index is 2.51. The Kier molecular flexibility index (Phi) is 3.94. The normalized spacial score (nSPS) is 10.6. The highest BCUT2D eigenvalue weighted by atomic mass is 16.5. The smallest absolute Gasteiger partial charge is 0.339 e. The minimum absolute atomic E-state index is 0.0206. The van der Waals surface area contributed by atoms with Crippen LogP contribution in [0, 0.1) is 0 Å². The number of hydrogen-bond donors (Lipinski definition) is 2. The Morgan fingerprint density at radius 3 is 2.50 bits per heavy atom. The van der Waals surface area contributed by atoms with E-state index in [4.69, 9.17) is 9.84 Å². The van der Waals surface area contributed by atoms with Crippen LogP contribution >= 0.6 is 0 Å². The van der Waals surface area contributed by atoms with Gasteiger partial charge in [0, 0.05) is 5.56 Å². The predicted octanol–water partition coefficient (Wildman–Crippen LogP) is 3.54. The van der Waals surface area contributed by atoms with Crippen LogP contribution in [-0.4, -0.2) is 22.3 Å². The van der Waals surface area contributed by atoms with Gasteiger partial charge in [-0.3, -0.25) is 0 Å². The molecule has 0 radical (unpaired) electrons. The molecule has 104 valence electrons. The number of carboxylic acids is 1. The van der Waals surface area contributed by atoms with E-state index in [1.54, 1.807) is 6.07 Å². The van der Waals surface area contributed by atoms with Crippen molar-refractivity contribution >= 4 is 5.97 Å². The molecule has 4 heteroatoms. The summed E-state index contributed by atoms with van der Waals surface area (Å²) in [5, 5.41) is 18.6. The fraction of sp³-hybridized carbons (Fsp3) is 0.188. The lowest BCUT2D eigenvalue weighted by Gasteiger charge is -2.14. The van der Waals surface area contributed by atoms with Crippen molar-refractivity contribution in [1.29, 1.82) is 0 Å². The molecular formula is C16H16O4. The Morgan fingerprint density at radius 2 is 1.85 bits per heavy atom. The summed E-state index contributed by atoms with van der Waals surface area (Å²) in [7, 11) is 0. The van der Waals surface area contributed by atoms with Crippen LogP contribution in [0.2, 0.25) is 0 Å². The van der Waals surface area contributed by atoms with Gasteiger partial charge in [-0.15, -0.1) is 0 Å². The third-order valence-corrected chi connectivity index (χ3v) is 2.79. The van der Waals surface area contributed by atoms with E-state index in [1.165, 1.54) is 12.1 Å². The van der Waals surface area contributed by atoms with Crippen molar-refractivity contribution in [3.05, 3.63) is 48.0 Å². The van der Waals surface area contributed by atoms with E-state index in [0.29, 0.717) is 11.3 Å². The highest BCUT2D eigenvalue weighted by Crippen LogP contribution is 2.33. The second kappa shape index (κ2) is 5.65. The van der Waals surface area contributed by atoms with E-state index in [-0.39, 0.29) is 17.4 Å². The third kappa shape index (κ3) is 2.91. The highest BCUT2D eigenvalue weighted by molar-refractivity contribution is 5.92. The number of carboxylic acid groups (broad SMARTS) is 1. The van der Waals surface area contributed by atoms with Crippen molar-refractivity contribution in [2.75, 3.05) is 0 Å². The number of phenols is 1. The first-order valence-electron chi connectivity index (χ1n) is 6.31. The van der Waals surface area contributed by atoms with Gasteiger partial charge in [0.15, 0.2) is 0 Å². The van der Waals surface area contributed by atoms with Crippen molar-refractivity contribution in [3.63, 3.8) is 0 Å². The summed E-state index contributed by atoms with van der Waals surface area (Å²) in [6, 6.07) is 11.9. The second-order valence-corrected chi connectivity index (χ2v) is 4.70. The molecule has 2 aromatic rings. The summed E-state index contributed by atoms with van der Waals surface area (Å²) in [6.07, 6.45) is 0.0206. The first kappa shape index (κ1) is 13.9. The average molecular weight is 272 g/mol. The molecule has 0 bridgehead atoms. The predicted molar refractivity (Wildman–Crippen MR) is 76.3 cm³/mol. The molecule has 0 saturated carbocycles. The van der Waals surface area contributed by atoms with E-state index in [2.05, 4.69) is 0 Å². The Morgan fingerprint density at radius 1 is 1.15 bits per heavy atom. The van der Waals surface area contributed by atoms with Crippen LogP contribution in [-0.2, 0) is 0 Å². The highest BCUT2D eigenvalue weighted by Gasteiger charge is 2.13. The van der Waals surface area contributed by atoms with Gasteiger partial charge < -0.3 is 14.9 Å². The maximum absolute atomic E-state index is 11.1. The number of rotatable bonds is 4. The zero-order valence-corrected chi connectivity index (χ0v) is 11.3. The average Bonchev–Trinajstić information content (AvgIpc) is 2.39. The van der Waals surface area contributed by atoms with E-state index < -0.39 is 5.97 Å². The van der Waals surface area contributed by atoms with Crippen LogP contribution < -0.4 is 4.74 Å². The summed E-state index contributed by atoms with van der Waals surface area (Å²) in [5.74, 6) is -0.723. The van der Waals surface area contributed by atoms with Crippen molar-refractivity contribution in [2.24, 2.45) is 0 Å². The van der Waals surface area contributed by atoms with Gasteiger partial charge in [0.25, 0.3) is 0 Å². The largest absolute Gasteiger partial charge is 0.507 e. The summed E-state index contributed by atoms with van der Waals surface area (Å²) >= 11 is 0. The van der Waals surface area contributed by atoms with E-state index in [9.17, 15) is 9.90 Å². The van der Waals surface area contributed by atoms with Gasteiger partial charge in [-0.25, -0.2) is 4.79 Å². The second-order valence-electron chi connectivity index (χ2n) is 4.70. The number of aromatic hydroxyl groups is 1. The number of benzene rings is 2. The minimum atomic E-state index is -1.16. The van der Waals surface area contributed by atoms with E-state index in [1.807, 2.05) is 38.1 Å². The summed E-state index contributed by atoms with van der Waals surface area (Å²) in [5.41, 5.74) is 1.36. The molecule has 2 aromatic carbocycles. The molecule has 0 unspecified atom stereocenters. The van der Waals surface area contributed by atoms with Crippen LogP contribution in [0.4, 0.5) is 0 Å². The van der Waals surface area contributed by atoms with Crippen LogP contribution in [0.25, 0.3) is 11.1 Å². The molecule has 2 rings (SSSR count). The molecule has 2 N–H and O–H groups in total. The SMILES string of the molecule is CC(C)Oc1ccccc1-c1ccc(O)c(C(=O)O)c1. The molecule has 0 spiro atoms. The van der Waals surface area contributed by atoms with Crippen LogP contribution in [0.1, 0.15) is 24.2 Å². The Hall–Kier alpha value is -2.49. The number of carbonyl (C=O) groups is 1. The molecule has 0 amide bonds. The maximum Gasteiger partial charge on any atom is 0.339 e. The molecule has 0 atom stereocenters. The van der Waals surface area contributed by atoms with Crippen LogP contribution in [0.5, 0.6) is 11.5 Å². The number of hydrogen-bond acceptors (Lipinski definition) is 3. The fourth-order valence-electron chi connectivity index (χ4n) is 1.94. The van der Waals surface area contributed by atoms with Gasteiger partial charge in [-0.1, -0.05) is 24.3 Å². The van der Waals surface area contributed by atoms with Gasteiger partial charge in [0.1, 0.15) is 17.1 Å². The summed E-state index contributed by atoms with van der Waals surface area (Å²) < 4.78 is 5.72.